The minimum Gasteiger partial charge on any atom is -0.265 e. The molecule has 0 radical (unpaired) electrons. The van der Waals surface area contributed by atoms with E-state index < -0.39 is 10.1 Å². The monoisotopic (exact) mass is 228 g/mol. The van der Waals surface area contributed by atoms with Gasteiger partial charge in [0.25, 0.3) is 10.1 Å². The molecule has 4 heteroatoms. The van der Waals surface area contributed by atoms with E-state index in [4.69, 9.17) is 4.18 Å². The van der Waals surface area contributed by atoms with Gasteiger partial charge in [-0.05, 0) is 17.0 Å². The molecular weight excluding hydrogens is 212 g/mol. The van der Waals surface area contributed by atoms with Gasteiger partial charge in [-0.15, -0.1) is 0 Å². The first-order chi connectivity index (χ1) is 6.88. The normalized spacial score (nSPS) is 12.0. The fraction of sp³-hybridized carbons (Fsp3) is 0.455. The minimum absolute atomic E-state index is 0.111. The standard InChI is InChI=1S/C11H16O3S/c1-9(2)11-6-4-5-10(7-11)8-14-15(3,12)13/h4-7,9H,8H2,1-3H3. The molecule has 0 saturated carbocycles. The lowest BCUT2D eigenvalue weighted by Crippen LogP contribution is -2.03. The van der Waals surface area contributed by atoms with Crippen molar-refractivity contribution in [3.05, 3.63) is 35.4 Å². The average Bonchev–Trinajstić information content (AvgIpc) is 2.14. The van der Waals surface area contributed by atoms with Gasteiger partial charge in [-0.25, -0.2) is 0 Å². The number of rotatable bonds is 4. The molecule has 84 valence electrons. The van der Waals surface area contributed by atoms with Crippen LogP contribution in [0.3, 0.4) is 0 Å². The lowest BCUT2D eigenvalue weighted by molar-refractivity contribution is 0.311. The van der Waals surface area contributed by atoms with Gasteiger partial charge in [0, 0.05) is 0 Å². The van der Waals surface area contributed by atoms with Gasteiger partial charge >= 0.3 is 0 Å². The van der Waals surface area contributed by atoms with E-state index in [2.05, 4.69) is 13.8 Å². The molecule has 0 saturated heterocycles. The summed E-state index contributed by atoms with van der Waals surface area (Å²) in [4.78, 5) is 0. The highest BCUT2D eigenvalue weighted by atomic mass is 32.2. The third-order valence-electron chi connectivity index (χ3n) is 2.06. The maximum Gasteiger partial charge on any atom is 0.264 e. The van der Waals surface area contributed by atoms with E-state index in [0.29, 0.717) is 5.92 Å². The molecule has 0 aliphatic carbocycles. The quantitative estimate of drug-likeness (QED) is 0.743. The van der Waals surface area contributed by atoms with Gasteiger partial charge in [0.05, 0.1) is 12.9 Å². The number of hydrogen-bond donors (Lipinski definition) is 0. The van der Waals surface area contributed by atoms with Crippen molar-refractivity contribution >= 4 is 10.1 Å². The van der Waals surface area contributed by atoms with Gasteiger partial charge in [0.2, 0.25) is 0 Å². The zero-order valence-electron chi connectivity index (χ0n) is 9.23. The van der Waals surface area contributed by atoms with E-state index in [1.54, 1.807) is 0 Å². The van der Waals surface area contributed by atoms with Gasteiger partial charge in [-0.3, -0.25) is 4.18 Å². The predicted molar refractivity (Wildman–Crippen MR) is 60.2 cm³/mol. The molecule has 15 heavy (non-hydrogen) atoms. The Hall–Kier alpha value is -0.870. The zero-order chi connectivity index (χ0) is 11.5. The summed E-state index contributed by atoms with van der Waals surface area (Å²) in [6.45, 7) is 4.30. The summed E-state index contributed by atoms with van der Waals surface area (Å²) in [5, 5.41) is 0. The second-order valence-corrected chi connectivity index (χ2v) is 5.51. The molecule has 0 unspecified atom stereocenters. The van der Waals surface area contributed by atoms with Gasteiger partial charge in [-0.2, -0.15) is 8.42 Å². The van der Waals surface area contributed by atoms with Gasteiger partial charge in [0.1, 0.15) is 0 Å². The largest absolute Gasteiger partial charge is 0.265 e. The Bertz CT molecular complexity index is 421. The summed E-state index contributed by atoms with van der Waals surface area (Å²) in [5.74, 6) is 0.434. The van der Waals surface area contributed by atoms with Crippen LogP contribution in [0.1, 0.15) is 30.9 Å². The molecule has 0 atom stereocenters. The van der Waals surface area contributed by atoms with E-state index in [-0.39, 0.29) is 6.61 Å². The molecular formula is C11H16O3S. The van der Waals surface area contributed by atoms with Crippen LogP contribution in [0.25, 0.3) is 0 Å². The lowest BCUT2D eigenvalue weighted by Gasteiger charge is -2.07. The average molecular weight is 228 g/mol. The van der Waals surface area contributed by atoms with Crippen LogP contribution in [0.4, 0.5) is 0 Å². The minimum atomic E-state index is -3.36. The fourth-order valence-corrected chi connectivity index (χ4v) is 1.57. The Balaban J connectivity index is 2.74. The van der Waals surface area contributed by atoms with Crippen LogP contribution in [-0.2, 0) is 20.9 Å². The number of benzene rings is 1. The SMILES string of the molecule is CC(C)c1cccc(COS(C)(=O)=O)c1. The van der Waals surface area contributed by atoms with Crippen LogP contribution in [0, 0.1) is 0 Å². The van der Waals surface area contributed by atoms with Crippen LogP contribution < -0.4 is 0 Å². The zero-order valence-corrected chi connectivity index (χ0v) is 10.0. The van der Waals surface area contributed by atoms with Crippen LogP contribution in [0.15, 0.2) is 24.3 Å². The lowest BCUT2D eigenvalue weighted by atomic mass is 10.0. The second kappa shape index (κ2) is 4.77. The molecule has 0 N–H and O–H groups in total. The van der Waals surface area contributed by atoms with Crippen molar-refractivity contribution in [2.45, 2.75) is 26.4 Å². The molecule has 0 spiro atoms. The molecule has 0 bridgehead atoms. The smallest absolute Gasteiger partial charge is 0.264 e. The van der Waals surface area contributed by atoms with E-state index in [0.717, 1.165) is 11.8 Å². The van der Waals surface area contributed by atoms with Crippen molar-refractivity contribution in [1.82, 2.24) is 0 Å². The van der Waals surface area contributed by atoms with Crippen LogP contribution >= 0.6 is 0 Å². The van der Waals surface area contributed by atoms with Crippen LogP contribution in [0.2, 0.25) is 0 Å². The first kappa shape index (κ1) is 12.2. The number of hydrogen-bond acceptors (Lipinski definition) is 3. The Morgan fingerprint density at radius 2 is 2.00 bits per heavy atom. The summed E-state index contributed by atoms with van der Waals surface area (Å²) in [6.07, 6.45) is 1.05. The van der Waals surface area contributed by atoms with E-state index in [1.807, 2.05) is 24.3 Å². The molecule has 0 amide bonds. The molecule has 0 aliphatic heterocycles. The van der Waals surface area contributed by atoms with Crippen molar-refractivity contribution in [2.24, 2.45) is 0 Å². The summed E-state index contributed by atoms with van der Waals surface area (Å²) in [6, 6.07) is 7.76. The Morgan fingerprint density at radius 3 is 2.53 bits per heavy atom. The van der Waals surface area contributed by atoms with E-state index in [9.17, 15) is 8.42 Å². The predicted octanol–water partition coefficient (Wildman–Crippen LogP) is 2.29. The van der Waals surface area contributed by atoms with E-state index in [1.165, 1.54) is 5.56 Å². The van der Waals surface area contributed by atoms with Gasteiger partial charge in [0.15, 0.2) is 0 Å². The molecule has 3 nitrogen and oxygen atoms in total. The maximum absolute atomic E-state index is 10.8. The Kier molecular flexibility index (Phi) is 3.88. The third kappa shape index (κ3) is 4.44. The van der Waals surface area contributed by atoms with Gasteiger partial charge < -0.3 is 0 Å². The molecule has 0 aromatic heterocycles. The fourth-order valence-electron chi connectivity index (χ4n) is 1.22. The van der Waals surface area contributed by atoms with E-state index >= 15 is 0 Å². The molecule has 0 heterocycles. The second-order valence-electron chi connectivity index (χ2n) is 3.87. The third-order valence-corrected chi connectivity index (χ3v) is 2.60. The highest BCUT2D eigenvalue weighted by Gasteiger charge is 2.04. The molecule has 1 rings (SSSR count). The maximum atomic E-state index is 10.8. The van der Waals surface area contributed by atoms with Gasteiger partial charge in [-0.1, -0.05) is 38.1 Å². The van der Waals surface area contributed by atoms with Crippen molar-refractivity contribution in [2.75, 3.05) is 6.26 Å². The highest BCUT2D eigenvalue weighted by Crippen LogP contribution is 2.16. The van der Waals surface area contributed by atoms with Crippen molar-refractivity contribution < 1.29 is 12.6 Å². The van der Waals surface area contributed by atoms with Crippen LogP contribution in [0.5, 0.6) is 0 Å². The topological polar surface area (TPSA) is 43.4 Å². The van der Waals surface area contributed by atoms with Crippen molar-refractivity contribution in [1.29, 1.82) is 0 Å². The summed E-state index contributed by atoms with van der Waals surface area (Å²) < 4.78 is 26.3. The Labute approximate surface area is 91.2 Å². The summed E-state index contributed by atoms with van der Waals surface area (Å²) >= 11 is 0. The highest BCUT2D eigenvalue weighted by molar-refractivity contribution is 7.85. The Morgan fingerprint density at radius 1 is 1.33 bits per heavy atom. The summed E-state index contributed by atoms with van der Waals surface area (Å²) in [5.41, 5.74) is 2.07. The summed E-state index contributed by atoms with van der Waals surface area (Å²) in [7, 11) is -3.36. The molecule has 0 fully saturated rings. The molecule has 1 aromatic rings. The van der Waals surface area contributed by atoms with Crippen LogP contribution in [-0.4, -0.2) is 14.7 Å². The molecule has 1 aromatic carbocycles. The van der Waals surface area contributed by atoms with Crippen molar-refractivity contribution in [3.63, 3.8) is 0 Å². The first-order valence-corrected chi connectivity index (χ1v) is 6.63. The first-order valence-electron chi connectivity index (χ1n) is 4.82. The van der Waals surface area contributed by atoms with Crippen molar-refractivity contribution in [3.8, 4) is 0 Å². The molecule has 0 aliphatic rings.